The highest BCUT2D eigenvalue weighted by Gasteiger charge is 2.52. The Morgan fingerprint density at radius 2 is 1.96 bits per heavy atom. The van der Waals surface area contributed by atoms with E-state index in [9.17, 15) is 4.79 Å². The number of ether oxygens (including phenoxy) is 2. The average molecular weight is 425 g/mol. The first kappa shape index (κ1) is 19.5. The second-order valence-electron chi connectivity index (χ2n) is 8.28. The van der Waals surface area contributed by atoms with Crippen molar-refractivity contribution in [3.63, 3.8) is 0 Å². The summed E-state index contributed by atoms with van der Waals surface area (Å²) in [7, 11) is 0. The van der Waals surface area contributed by atoms with Crippen LogP contribution in [0.3, 0.4) is 0 Å². The first-order valence-electron chi connectivity index (χ1n) is 9.36. The third-order valence-corrected chi connectivity index (χ3v) is 5.35. The van der Waals surface area contributed by atoms with Crippen LogP contribution in [-0.2, 0) is 11.3 Å². The van der Waals surface area contributed by atoms with E-state index in [0.717, 1.165) is 42.7 Å². The predicted molar refractivity (Wildman–Crippen MR) is 105 cm³/mol. The molecule has 1 heterocycles. The zero-order valence-corrected chi connectivity index (χ0v) is 17.8. The normalized spacial score (nSPS) is 19.5. The third kappa shape index (κ3) is 4.71. The number of piperazine rings is 1. The molecule has 2 aliphatic rings. The van der Waals surface area contributed by atoms with Crippen LogP contribution in [0.1, 0.15) is 46.1 Å². The number of benzene rings is 1. The average Bonchev–Trinajstić information content (AvgIpc) is 3.28. The van der Waals surface area contributed by atoms with Gasteiger partial charge in [-0.05, 0) is 64.3 Å². The Labute approximate surface area is 164 Å². The van der Waals surface area contributed by atoms with Gasteiger partial charge in [0.05, 0.1) is 6.61 Å². The van der Waals surface area contributed by atoms with Gasteiger partial charge in [0.25, 0.3) is 0 Å². The molecule has 1 saturated carbocycles. The van der Waals surface area contributed by atoms with Crippen molar-refractivity contribution >= 4 is 22.0 Å². The highest BCUT2D eigenvalue weighted by Crippen LogP contribution is 2.45. The minimum Gasteiger partial charge on any atom is -0.494 e. The molecule has 1 aromatic carbocycles. The van der Waals surface area contributed by atoms with Crippen LogP contribution in [0.25, 0.3) is 0 Å². The molecule has 1 aliphatic carbocycles. The van der Waals surface area contributed by atoms with E-state index < -0.39 is 5.60 Å². The summed E-state index contributed by atoms with van der Waals surface area (Å²) in [4.78, 5) is 16.8. The summed E-state index contributed by atoms with van der Waals surface area (Å²) in [6.07, 6.45) is 2.08. The fourth-order valence-electron chi connectivity index (χ4n) is 3.54. The minimum absolute atomic E-state index is 0.114. The molecule has 2 fully saturated rings. The van der Waals surface area contributed by atoms with Gasteiger partial charge in [-0.25, -0.2) is 4.79 Å². The number of carbonyl (C=O) groups is 1. The van der Waals surface area contributed by atoms with Crippen molar-refractivity contribution in [3.8, 4) is 5.75 Å². The van der Waals surface area contributed by atoms with Crippen molar-refractivity contribution in [2.75, 3.05) is 26.2 Å². The fourth-order valence-corrected chi connectivity index (χ4v) is 4.06. The lowest BCUT2D eigenvalue weighted by atomic mass is 10.1. The van der Waals surface area contributed by atoms with Crippen molar-refractivity contribution < 1.29 is 14.3 Å². The van der Waals surface area contributed by atoms with Crippen LogP contribution in [0, 0.1) is 0 Å². The molecule has 0 atom stereocenters. The maximum atomic E-state index is 12.4. The molecule has 3 rings (SSSR count). The first-order chi connectivity index (χ1) is 12.2. The summed E-state index contributed by atoms with van der Waals surface area (Å²) in [5, 5.41) is 0. The molecule has 26 heavy (non-hydrogen) atoms. The van der Waals surface area contributed by atoms with Crippen LogP contribution in [-0.4, -0.2) is 53.3 Å². The number of nitrogens with zero attached hydrogens (tertiary/aromatic N) is 2. The number of carbonyl (C=O) groups excluding carboxylic acids is 1. The van der Waals surface area contributed by atoms with Crippen molar-refractivity contribution in [3.05, 3.63) is 28.2 Å². The SMILES string of the molecule is CCOc1cc(Br)cc(CN2CCN(C(=O)OC(C)(C)C)CC23CC3)c1. The van der Waals surface area contributed by atoms with Gasteiger partial charge in [-0.3, -0.25) is 4.90 Å². The molecule has 144 valence electrons. The Morgan fingerprint density at radius 1 is 1.23 bits per heavy atom. The molecular formula is C20H29BrN2O3. The van der Waals surface area contributed by atoms with Crippen molar-refractivity contribution in [2.24, 2.45) is 0 Å². The Morgan fingerprint density at radius 3 is 2.58 bits per heavy atom. The van der Waals surface area contributed by atoms with Crippen molar-refractivity contribution in [1.29, 1.82) is 0 Å². The van der Waals surface area contributed by atoms with Gasteiger partial charge in [-0.15, -0.1) is 0 Å². The van der Waals surface area contributed by atoms with Gasteiger partial charge in [-0.1, -0.05) is 15.9 Å². The number of hydrogen-bond acceptors (Lipinski definition) is 4. The molecule has 0 unspecified atom stereocenters. The third-order valence-electron chi connectivity index (χ3n) is 4.89. The van der Waals surface area contributed by atoms with Gasteiger partial charge in [-0.2, -0.15) is 0 Å². The molecule has 5 nitrogen and oxygen atoms in total. The van der Waals surface area contributed by atoms with Crippen LogP contribution < -0.4 is 4.74 Å². The molecule has 1 aromatic rings. The summed E-state index contributed by atoms with van der Waals surface area (Å²) in [5.41, 5.74) is 0.903. The summed E-state index contributed by atoms with van der Waals surface area (Å²) in [6, 6.07) is 6.27. The zero-order chi connectivity index (χ0) is 18.9. The zero-order valence-electron chi connectivity index (χ0n) is 16.2. The highest BCUT2D eigenvalue weighted by atomic mass is 79.9. The minimum atomic E-state index is -0.447. The van der Waals surface area contributed by atoms with Gasteiger partial charge in [0, 0.05) is 36.2 Å². The molecule has 0 aromatic heterocycles. The first-order valence-corrected chi connectivity index (χ1v) is 10.2. The van der Waals surface area contributed by atoms with E-state index in [1.54, 1.807) is 0 Å². The smallest absolute Gasteiger partial charge is 0.410 e. The lowest BCUT2D eigenvalue weighted by Crippen LogP contribution is -2.56. The maximum Gasteiger partial charge on any atom is 0.410 e. The Balaban J connectivity index is 1.66. The van der Waals surface area contributed by atoms with E-state index >= 15 is 0 Å². The van der Waals surface area contributed by atoms with Gasteiger partial charge in [0.2, 0.25) is 0 Å². The van der Waals surface area contributed by atoms with E-state index in [0.29, 0.717) is 13.2 Å². The summed E-state index contributed by atoms with van der Waals surface area (Å²) < 4.78 is 12.3. The molecule has 1 saturated heterocycles. The Bertz CT molecular complexity index is 668. The Hall–Kier alpha value is -1.27. The summed E-state index contributed by atoms with van der Waals surface area (Å²) in [6.45, 7) is 11.6. The summed E-state index contributed by atoms with van der Waals surface area (Å²) in [5.74, 6) is 0.897. The molecule has 6 heteroatoms. The molecular weight excluding hydrogens is 396 g/mol. The maximum absolute atomic E-state index is 12.4. The predicted octanol–water partition coefficient (Wildman–Crippen LogP) is 4.43. The van der Waals surface area contributed by atoms with Crippen molar-refractivity contribution in [2.45, 2.75) is 58.2 Å². The van der Waals surface area contributed by atoms with Gasteiger partial charge < -0.3 is 14.4 Å². The molecule has 1 aliphatic heterocycles. The van der Waals surface area contributed by atoms with Gasteiger partial charge >= 0.3 is 6.09 Å². The second-order valence-corrected chi connectivity index (χ2v) is 9.19. The lowest BCUT2D eigenvalue weighted by Gasteiger charge is -2.42. The molecule has 0 N–H and O–H groups in total. The standard InChI is InChI=1S/C20H29BrN2O3/c1-5-25-17-11-15(10-16(21)12-17)13-23-9-8-22(14-20(23)6-7-20)18(24)26-19(2,3)4/h10-12H,5-9,13-14H2,1-4H3. The molecule has 1 amide bonds. The van der Waals surface area contributed by atoms with E-state index in [4.69, 9.17) is 9.47 Å². The summed E-state index contributed by atoms with van der Waals surface area (Å²) >= 11 is 3.58. The lowest BCUT2D eigenvalue weighted by molar-refractivity contribution is -0.00239. The number of rotatable bonds is 4. The quantitative estimate of drug-likeness (QED) is 0.716. The number of hydrogen-bond donors (Lipinski definition) is 0. The van der Waals surface area contributed by atoms with Gasteiger partial charge in [0.15, 0.2) is 0 Å². The fraction of sp³-hybridized carbons (Fsp3) is 0.650. The highest BCUT2D eigenvalue weighted by molar-refractivity contribution is 9.10. The van der Waals surface area contributed by atoms with E-state index in [1.807, 2.05) is 38.7 Å². The van der Waals surface area contributed by atoms with Gasteiger partial charge in [0.1, 0.15) is 11.4 Å². The van der Waals surface area contributed by atoms with Crippen molar-refractivity contribution in [1.82, 2.24) is 9.80 Å². The monoisotopic (exact) mass is 424 g/mol. The van der Waals surface area contributed by atoms with E-state index in [2.05, 4.69) is 33.0 Å². The molecule has 1 spiro atoms. The second kappa shape index (κ2) is 7.39. The van der Waals surface area contributed by atoms with Crippen LogP contribution in [0.15, 0.2) is 22.7 Å². The Kier molecular flexibility index (Phi) is 5.54. The van der Waals surface area contributed by atoms with Crippen LogP contribution >= 0.6 is 15.9 Å². The number of amides is 1. The van der Waals surface area contributed by atoms with Crippen LogP contribution in [0.2, 0.25) is 0 Å². The molecule has 0 radical (unpaired) electrons. The largest absolute Gasteiger partial charge is 0.494 e. The van der Waals surface area contributed by atoms with E-state index in [1.165, 1.54) is 5.56 Å². The van der Waals surface area contributed by atoms with Crippen LogP contribution in [0.5, 0.6) is 5.75 Å². The van der Waals surface area contributed by atoms with Crippen LogP contribution in [0.4, 0.5) is 4.79 Å². The molecule has 0 bridgehead atoms. The van der Waals surface area contributed by atoms with E-state index in [-0.39, 0.29) is 11.6 Å². The topological polar surface area (TPSA) is 42.0 Å². The number of halogens is 1.